The van der Waals surface area contributed by atoms with Gasteiger partial charge in [0.15, 0.2) is 11.5 Å². The molecule has 0 atom stereocenters. The molecule has 0 saturated heterocycles. The zero-order valence-corrected chi connectivity index (χ0v) is 18.6. The minimum atomic E-state index is -0.338. The number of hydrogen-bond donors (Lipinski definition) is 1. The number of rotatable bonds is 11. The van der Waals surface area contributed by atoms with E-state index in [9.17, 15) is 4.79 Å². The maximum atomic E-state index is 12.5. The third-order valence-corrected chi connectivity index (χ3v) is 4.26. The summed E-state index contributed by atoms with van der Waals surface area (Å²) in [5, 5.41) is 4.08. The Morgan fingerprint density at radius 3 is 2.34 bits per heavy atom. The molecule has 156 valence electrons. The van der Waals surface area contributed by atoms with E-state index < -0.39 is 0 Å². The van der Waals surface area contributed by atoms with Crippen molar-refractivity contribution in [1.82, 2.24) is 5.43 Å². The predicted octanol–water partition coefficient (Wildman–Crippen LogP) is 5.19. The number of carbonyl (C=O) groups excluding carboxylic acids is 1. The van der Waals surface area contributed by atoms with Crippen molar-refractivity contribution in [3.63, 3.8) is 0 Å². The minimum absolute atomic E-state index is 0.338. The molecule has 7 heteroatoms. The van der Waals surface area contributed by atoms with Crippen molar-refractivity contribution in [2.45, 2.75) is 33.6 Å². The Labute approximate surface area is 180 Å². The fourth-order valence-electron chi connectivity index (χ4n) is 2.44. The van der Waals surface area contributed by atoms with Crippen LogP contribution in [0.4, 0.5) is 0 Å². The Bertz CT molecular complexity index is 840. The van der Waals surface area contributed by atoms with E-state index in [-0.39, 0.29) is 5.91 Å². The molecule has 6 nitrogen and oxygen atoms in total. The quantitative estimate of drug-likeness (QED) is 0.368. The van der Waals surface area contributed by atoms with Gasteiger partial charge in [0.2, 0.25) is 0 Å². The van der Waals surface area contributed by atoms with Crippen LogP contribution in [0.5, 0.6) is 17.2 Å². The van der Waals surface area contributed by atoms with Crippen LogP contribution >= 0.6 is 15.9 Å². The van der Waals surface area contributed by atoms with Gasteiger partial charge in [0.1, 0.15) is 5.75 Å². The molecule has 0 radical (unpaired) electrons. The van der Waals surface area contributed by atoms with Gasteiger partial charge >= 0.3 is 0 Å². The van der Waals surface area contributed by atoms with Crippen molar-refractivity contribution < 1.29 is 19.0 Å². The molecular formula is C22H27BrN2O4. The first-order chi connectivity index (χ1) is 14.1. The molecule has 29 heavy (non-hydrogen) atoms. The van der Waals surface area contributed by atoms with Crippen LogP contribution in [-0.4, -0.2) is 31.9 Å². The number of nitrogens with one attached hydrogen (secondary N) is 1. The molecule has 1 N–H and O–H groups in total. The normalized spacial score (nSPS) is 10.8. The lowest BCUT2D eigenvalue weighted by atomic mass is 10.2. The van der Waals surface area contributed by atoms with Crippen molar-refractivity contribution in [3.8, 4) is 17.2 Å². The number of hydrogen-bond acceptors (Lipinski definition) is 5. The molecule has 0 aliphatic carbocycles. The van der Waals surface area contributed by atoms with Gasteiger partial charge in [0.05, 0.1) is 26.0 Å². The largest absolute Gasteiger partial charge is 0.493 e. The van der Waals surface area contributed by atoms with E-state index in [2.05, 4.69) is 26.5 Å². The second kappa shape index (κ2) is 12.1. The lowest BCUT2D eigenvalue weighted by Crippen LogP contribution is -2.18. The lowest BCUT2D eigenvalue weighted by molar-refractivity contribution is 0.0954. The monoisotopic (exact) mass is 462 g/mol. The van der Waals surface area contributed by atoms with Gasteiger partial charge in [-0.05, 0) is 56.2 Å². The number of halogens is 1. The Morgan fingerprint density at radius 2 is 1.66 bits per heavy atom. The van der Waals surface area contributed by atoms with Gasteiger partial charge in [0, 0.05) is 15.6 Å². The predicted molar refractivity (Wildman–Crippen MR) is 118 cm³/mol. The van der Waals surface area contributed by atoms with E-state index in [0.717, 1.165) is 22.9 Å². The number of nitrogens with zero attached hydrogens (tertiary/aromatic N) is 1. The van der Waals surface area contributed by atoms with Gasteiger partial charge in [0.25, 0.3) is 5.91 Å². The van der Waals surface area contributed by atoms with E-state index in [0.29, 0.717) is 42.6 Å². The Kier molecular flexibility index (Phi) is 9.50. The molecule has 0 aliphatic heterocycles. The van der Waals surface area contributed by atoms with Crippen LogP contribution in [0.3, 0.4) is 0 Å². The molecule has 2 rings (SSSR count). The molecule has 0 saturated carbocycles. The molecule has 0 bridgehead atoms. The second-order valence-electron chi connectivity index (χ2n) is 6.17. The fraction of sp³-hybridized carbons (Fsp3) is 0.364. The Balaban J connectivity index is 2.10. The van der Waals surface area contributed by atoms with E-state index in [1.807, 2.05) is 39.0 Å². The van der Waals surface area contributed by atoms with Crippen LogP contribution in [0, 0.1) is 0 Å². The number of ether oxygens (including phenoxy) is 3. The van der Waals surface area contributed by atoms with Crippen LogP contribution < -0.4 is 19.6 Å². The second-order valence-corrected chi connectivity index (χ2v) is 7.09. The number of amides is 1. The topological polar surface area (TPSA) is 69.2 Å². The zero-order valence-electron chi connectivity index (χ0n) is 17.0. The summed E-state index contributed by atoms with van der Waals surface area (Å²) < 4.78 is 17.9. The average Bonchev–Trinajstić information content (AvgIpc) is 2.72. The fourth-order valence-corrected chi connectivity index (χ4v) is 2.82. The van der Waals surface area contributed by atoms with Crippen molar-refractivity contribution in [2.24, 2.45) is 5.10 Å². The minimum Gasteiger partial charge on any atom is -0.493 e. The summed E-state index contributed by atoms with van der Waals surface area (Å²) >= 11 is 3.44. The molecule has 0 unspecified atom stereocenters. The standard InChI is InChI=1S/C22H27BrN2O4/c1-4-11-28-19-10-8-18(23)13-17(19)15-24-25-22(26)16-7-9-20(29-12-5-2)21(14-16)27-6-3/h7-10,13-15H,4-6,11-12H2,1-3H3,(H,25,26)/b24-15+. The zero-order chi connectivity index (χ0) is 21.1. The highest BCUT2D eigenvalue weighted by Crippen LogP contribution is 2.28. The molecular weight excluding hydrogens is 436 g/mol. The summed E-state index contributed by atoms with van der Waals surface area (Å²) in [7, 11) is 0. The summed E-state index contributed by atoms with van der Waals surface area (Å²) in [5.41, 5.74) is 3.75. The highest BCUT2D eigenvalue weighted by Gasteiger charge is 2.11. The average molecular weight is 463 g/mol. The maximum absolute atomic E-state index is 12.5. The summed E-state index contributed by atoms with van der Waals surface area (Å²) in [6.45, 7) is 7.64. The van der Waals surface area contributed by atoms with Gasteiger partial charge < -0.3 is 14.2 Å². The van der Waals surface area contributed by atoms with Crippen LogP contribution in [-0.2, 0) is 0 Å². The summed E-state index contributed by atoms with van der Waals surface area (Å²) in [5.74, 6) is 1.54. The third kappa shape index (κ3) is 7.09. The van der Waals surface area contributed by atoms with E-state index >= 15 is 0 Å². The van der Waals surface area contributed by atoms with Gasteiger partial charge in [-0.25, -0.2) is 5.43 Å². The third-order valence-electron chi connectivity index (χ3n) is 3.77. The lowest BCUT2D eigenvalue weighted by Gasteiger charge is -2.12. The first-order valence-electron chi connectivity index (χ1n) is 9.74. The Morgan fingerprint density at radius 1 is 0.966 bits per heavy atom. The molecule has 2 aromatic carbocycles. The highest BCUT2D eigenvalue weighted by molar-refractivity contribution is 9.10. The van der Waals surface area contributed by atoms with Gasteiger partial charge in [-0.1, -0.05) is 29.8 Å². The molecule has 0 aliphatic rings. The van der Waals surface area contributed by atoms with Crippen molar-refractivity contribution in [2.75, 3.05) is 19.8 Å². The molecule has 0 spiro atoms. The highest BCUT2D eigenvalue weighted by atomic mass is 79.9. The van der Waals surface area contributed by atoms with Crippen LogP contribution in [0.25, 0.3) is 0 Å². The number of carbonyl (C=O) groups is 1. The first-order valence-corrected chi connectivity index (χ1v) is 10.5. The van der Waals surface area contributed by atoms with Gasteiger partial charge in [-0.15, -0.1) is 0 Å². The summed E-state index contributed by atoms with van der Waals surface area (Å²) in [4.78, 5) is 12.5. The smallest absolute Gasteiger partial charge is 0.271 e. The van der Waals surface area contributed by atoms with Crippen LogP contribution in [0.15, 0.2) is 46.0 Å². The van der Waals surface area contributed by atoms with Gasteiger partial charge in [-0.2, -0.15) is 5.10 Å². The van der Waals surface area contributed by atoms with Crippen molar-refractivity contribution in [1.29, 1.82) is 0 Å². The van der Waals surface area contributed by atoms with E-state index in [1.165, 1.54) is 0 Å². The summed E-state index contributed by atoms with van der Waals surface area (Å²) in [6.07, 6.45) is 3.36. The molecule has 1 amide bonds. The molecule has 0 heterocycles. The summed E-state index contributed by atoms with van der Waals surface area (Å²) in [6, 6.07) is 10.7. The van der Waals surface area contributed by atoms with E-state index in [4.69, 9.17) is 14.2 Å². The van der Waals surface area contributed by atoms with Crippen LogP contribution in [0.1, 0.15) is 49.5 Å². The van der Waals surface area contributed by atoms with Crippen LogP contribution in [0.2, 0.25) is 0 Å². The van der Waals surface area contributed by atoms with Gasteiger partial charge in [-0.3, -0.25) is 4.79 Å². The van der Waals surface area contributed by atoms with E-state index in [1.54, 1.807) is 24.4 Å². The van der Waals surface area contributed by atoms with Crippen molar-refractivity contribution in [3.05, 3.63) is 52.0 Å². The maximum Gasteiger partial charge on any atom is 0.271 e. The SMILES string of the molecule is CCCOc1ccc(Br)cc1/C=N/NC(=O)c1ccc(OCCC)c(OCC)c1. The molecule has 0 aromatic heterocycles. The first kappa shape index (κ1) is 22.7. The number of benzene rings is 2. The molecule has 2 aromatic rings. The molecule has 0 fully saturated rings. The van der Waals surface area contributed by atoms with Crippen molar-refractivity contribution >= 4 is 28.1 Å². The number of hydrazone groups is 1. The Hall–Kier alpha value is -2.54.